The highest BCUT2D eigenvalue weighted by Crippen LogP contribution is 2.32. The highest BCUT2D eigenvalue weighted by atomic mass is 16.5. The highest BCUT2D eigenvalue weighted by molar-refractivity contribution is 5.89. The highest BCUT2D eigenvalue weighted by Gasteiger charge is 2.29. The number of benzene rings is 2. The Morgan fingerprint density at radius 2 is 1.70 bits per heavy atom. The van der Waals surface area contributed by atoms with Gasteiger partial charge in [0, 0.05) is 24.9 Å². The molecule has 0 radical (unpaired) electrons. The van der Waals surface area contributed by atoms with Crippen LogP contribution in [0.25, 0.3) is 0 Å². The van der Waals surface area contributed by atoms with Crippen LogP contribution in [0.1, 0.15) is 50.7 Å². The third kappa shape index (κ3) is 6.20. The Kier molecular flexibility index (Phi) is 8.52. The first-order valence-corrected chi connectivity index (χ1v) is 11.0. The van der Waals surface area contributed by atoms with Gasteiger partial charge in [0.05, 0.1) is 18.8 Å². The lowest BCUT2D eigenvalue weighted by atomic mass is 9.93. The van der Waals surface area contributed by atoms with Crippen LogP contribution < -0.4 is 0 Å². The molecule has 1 aliphatic heterocycles. The predicted octanol–water partition coefficient (Wildman–Crippen LogP) is 5.49. The number of rotatable bonds is 10. The minimum Gasteiger partial charge on any atom is -0.463 e. The zero-order chi connectivity index (χ0) is 21.2. The van der Waals surface area contributed by atoms with Crippen molar-refractivity contribution in [3.05, 3.63) is 83.1 Å². The molecule has 0 bridgehead atoms. The Hall–Kier alpha value is -2.59. The second-order valence-corrected chi connectivity index (χ2v) is 7.79. The van der Waals surface area contributed by atoms with Gasteiger partial charge in [-0.3, -0.25) is 0 Å². The van der Waals surface area contributed by atoms with Crippen molar-refractivity contribution in [1.29, 1.82) is 0 Å². The van der Waals surface area contributed by atoms with E-state index in [4.69, 9.17) is 9.47 Å². The topological polar surface area (TPSA) is 38.8 Å². The van der Waals surface area contributed by atoms with Gasteiger partial charge < -0.3 is 14.4 Å². The molecule has 2 aromatic rings. The first-order chi connectivity index (χ1) is 14.7. The molecule has 1 heterocycles. The van der Waals surface area contributed by atoms with Crippen LogP contribution in [-0.4, -0.2) is 30.1 Å². The molecule has 0 aliphatic carbocycles. The summed E-state index contributed by atoms with van der Waals surface area (Å²) in [5, 5.41) is 0. The van der Waals surface area contributed by atoms with Crippen LogP contribution in [0.15, 0.2) is 71.9 Å². The Morgan fingerprint density at radius 3 is 2.37 bits per heavy atom. The molecule has 30 heavy (non-hydrogen) atoms. The monoisotopic (exact) mass is 407 g/mol. The van der Waals surface area contributed by atoms with E-state index in [1.807, 2.05) is 31.2 Å². The average Bonchev–Trinajstić information content (AvgIpc) is 2.77. The summed E-state index contributed by atoms with van der Waals surface area (Å²) in [7, 11) is 0. The molecule has 1 unspecified atom stereocenters. The summed E-state index contributed by atoms with van der Waals surface area (Å²) in [5.74, 6) is -0.164. The van der Waals surface area contributed by atoms with Crippen LogP contribution in [0, 0.1) is 0 Å². The van der Waals surface area contributed by atoms with Gasteiger partial charge in [0.15, 0.2) is 0 Å². The van der Waals surface area contributed by atoms with Crippen LogP contribution in [-0.2, 0) is 27.4 Å². The van der Waals surface area contributed by atoms with E-state index in [1.165, 1.54) is 11.1 Å². The van der Waals surface area contributed by atoms with Gasteiger partial charge in [0.1, 0.15) is 0 Å². The molecule has 3 rings (SSSR count). The Balaban J connectivity index is 1.68. The molecule has 0 aromatic heterocycles. The number of ether oxygens (including phenoxy) is 2. The lowest BCUT2D eigenvalue weighted by Crippen LogP contribution is -2.37. The summed E-state index contributed by atoms with van der Waals surface area (Å²) in [6.45, 7) is 6.62. The lowest BCUT2D eigenvalue weighted by molar-refractivity contribution is -0.139. The predicted molar refractivity (Wildman–Crippen MR) is 120 cm³/mol. The summed E-state index contributed by atoms with van der Waals surface area (Å²) in [5.41, 5.74) is 4.40. The second kappa shape index (κ2) is 11.6. The van der Waals surface area contributed by atoms with Crippen molar-refractivity contribution >= 4 is 5.97 Å². The standard InChI is InChI=1S/C26H33NO3/c1-3-30-26(28)24-17-16-21(2)27(19-22-11-6-4-7-12-22)25(24)15-10-18-29-20-23-13-8-5-9-14-23/h4-9,11-14,21H,3,10,15-20H2,1-2H3. The summed E-state index contributed by atoms with van der Waals surface area (Å²) in [6, 6.07) is 21.1. The summed E-state index contributed by atoms with van der Waals surface area (Å²) >= 11 is 0. The second-order valence-electron chi connectivity index (χ2n) is 7.79. The molecular formula is C26H33NO3. The minimum absolute atomic E-state index is 0.164. The molecule has 0 amide bonds. The summed E-state index contributed by atoms with van der Waals surface area (Å²) < 4.78 is 11.3. The third-order valence-corrected chi connectivity index (χ3v) is 5.57. The molecule has 2 aromatic carbocycles. The summed E-state index contributed by atoms with van der Waals surface area (Å²) in [4.78, 5) is 15.0. The van der Waals surface area contributed by atoms with Crippen molar-refractivity contribution in [2.75, 3.05) is 13.2 Å². The average molecular weight is 408 g/mol. The molecular weight excluding hydrogens is 374 g/mol. The van der Waals surface area contributed by atoms with E-state index in [-0.39, 0.29) is 5.97 Å². The van der Waals surface area contributed by atoms with Crippen molar-refractivity contribution in [2.24, 2.45) is 0 Å². The number of esters is 1. The molecule has 0 saturated heterocycles. The Bertz CT molecular complexity index is 817. The number of nitrogens with zero attached hydrogens (tertiary/aromatic N) is 1. The van der Waals surface area contributed by atoms with E-state index in [1.54, 1.807) is 0 Å². The normalized spacial score (nSPS) is 16.6. The van der Waals surface area contributed by atoms with Gasteiger partial charge in [0.2, 0.25) is 0 Å². The van der Waals surface area contributed by atoms with Crippen molar-refractivity contribution in [1.82, 2.24) is 4.90 Å². The van der Waals surface area contributed by atoms with E-state index in [9.17, 15) is 4.79 Å². The van der Waals surface area contributed by atoms with Crippen LogP contribution in [0.4, 0.5) is 0 Å². The Labute approximate surface area is 180 Å². The van der Waals surface area contributed by atoms with Gasteiger partial charge in [-0.25, -0.2) is 4.79 Å². The van der Waals surface area contributed by atoms with Gasteiger partial charge in [-0.15, -0.1) is 0 Å². The SMILES string of the molecule is CCOC(=O)C1=C(CCCOCc2ccccc2)N(Cc2ccccc2)C(C)CC1. The zero-order valence-corrected chi connectivity index (χ0v) is 18.2. The van der Waals surface area contributed by atoms with Crippen molar-refractivity contribution in [2.45, 2.75) is 58.7 Å². The molecule has 0 saturated carbocycles. The molecule has 4 heteroatoms. The van der Waals surface area contributed by atoms with Crippen LogP contribution in [0.5, 0.6) is 0 Å². The zero-order valence-electron chi connectivity index (χ0n) is 18.2. The van der Waals surface area contributed by atoms with Crippen LogP contribution in [0.2, 0.25) is 0 Å². The first-order valence-electron chi connectivity index (χ1n) is 11.0. The van der Waals surface area contributed by atoms with Crippen molar-refractivity contribution in [3.63, 3.8) is 0 Å². The first kappa shape index (κ1) is 22.1. The van der Waals surface area contributed by atoms with Crippen molar-refractivity contribution < 1.29 is 14.3 Å². The largest absolute Gasteiger partial charge is 0.463 e. The van der Waals surface area contributed by atoms with E-state index >= 15 is 0 Å². The van der Waals surface area contributed by atoms with Gasteiger partial charge in [-0.05, 0) is 50.7 Å². The quantitative estimate of drug-likeness (QED) is 0.386. The number of allylic oxidation sites excluding steroid dienone is 1. The maximum atomic E-state index is 12.6. The smallest absolute Gasteiger partial charge is 0.335 e. The number of carbonyl (C=O) groups is 1. The molecule has 1 atom stereocenters. The Morgan fingerprint density at radius 1 is 1.03 bits per heavy atom. The molecule has 4 nitrogen and oxygen atoms in total. The maximum absolute atomic E-state index is 12.6. The van der Waals surface area contributed by atoms with Gasteiger partial charge in [-0.2, -0.15) is 0 Å². The molecule has 160 valence electrons. The van der Waals surface area contributed by atoms with Crippen LogP contribution >= 0.6 is 0 Å². The van der Waals surface area contributed by atoms with Gasteiger partial charge in [-0.1, -0.05) is 60.7 Å². The fourth-order valence-corrected chi connectivity index (χ4v) is 3.96. The van der Waals surface area contributed by atoms with Crippen LogP contribution in [0.3, 0.4) is 0 Å². The van der Waals surface area contributed by atoms with E-state index < -0.39 is 0 Å². The summed E-state index contributed by atoms with van der Waals surface area (Å²) in [6.07, 6.45) is 3.45. The van der Waals surface area contributed by atoms with Gasteiger partial charge >= 0.3 is 5.97 Å². The molecule has 0 N–H and O–H groups in total. The fourth-order valence-electron chi connectivity index (χ4n) is 3.96. The third-order valence-electron chi connectivity index (χ3n) is 5.57. The number of carbonyl (C=O) groups excluding carboxylic acids is 1. The van der Waals surface area contributed by atoms with Crippen molar-refractivity contribution in [3.8, 4) is 0 Å². The molecule has 0 spiro atoms. The lowest BCUT2D eigenvalue weighted by Gasteiger charge is -2.39. The van der Waals surface area contributed by atoms with E-state index in [2.05, 4.69) is 48.2 Å². The maximum Gasteiger partial charge on any atom is 0.335 e. The fraction of sp³-hybridized carbons (Fsp3) is 0.423. The van der Waals surface area contributed by atoms with Gasteiger partial charge in [0.25, 0.3) is 0 Å². The number of hydrogen-bond acceptors (Lipinski definition) is 4. The molecule has 0 fully saturated rings. The van der Waals surface area contributed by atoms with E-state index in [0.717, 1.165) is 43.5 Å². The number of hydrogen-bond donors (Lipinski definition) is 0. The minimum atomic E-state index is -0.164. The molecule has 1 aliphatic rings. The van der Waals surface area contributed by atoms with E-state index in [0.29, 0.717) is 25.9 Å².